The lowest BCUT2D eigenvalue weighted by Crippen LogP contribution is -2.11. The SMILES string of the molecule is CC(C)n1nccc1C(O)c1cc2c(s1)CCC2. The number of fused-ring (bicyclic) bond motifs is 1. The van der Waals surface area contributed by atoms with E-state index < -0.39 is 6.10 Å². The Bertz CT molecular complexity index is 534. The van der Waals surface area contributed by atoms with Crippen molar-refractivity contribution >= 4 is 11.3 Å². The molecule has 0 saturated heterocycles. The van der Waals surface area contributed by atoms with Crippen LogP contribution in [-0.4, -0.2) is 14.9 Å². The average molecular weight is 262 g/mol. The van der Waals surface area contributed by atoms with Crippen LogP contribution in [0.2, 0.25) is 0 Å². The van der Waals surface area contributed by atoms with Crippen LogP contribution in [0.3, 0.4) is 0 Å². The van der Waals surface area contributed by atoms with Crippen LogP contribution < -0.4 is 0 Å². The van der Waals surface area contributed by atoms with Gasteiger partial charge >= 0.3 is 0 Å². The minimum atomic E-state index is -0.537. The second-order valence-corrected chi connectivity index (χ2v) is 6.32. The largest absolute Gasteiger partial charge is 0.381 e. The fourth-order valence-corrected chi connectivity index (χ4v) is 3.86. The molecule has 3 nitrogen and oxygen atoms in total. The second kappa shape index (κ2) is 4.52. The number of aromatic nitrogens is 2. The lowest BCUT2D eigenvalue weighted by molar-refractivity contribution is 0.208. The van der Waals surface area contributed by atoms with Crippen LogP contribution in [0.5, 0.6) is 0 Å². The van der Waals surface area contributed by atoms with E-state index in [1.165, 1.54) is 29.7 Å². The summed E-state index contributed by atoms with van der Waals surface area (Å²) < 4.78 is 1.90. The van der Waals surface area contributed by atoms with Crippen molar-refractivity contribution in [2.24, 2.45) is 0 Å². The molecule has 2 aromatic heterocycles. The van der Waals surface area contributed by atoms with Crippen LogP contribution in [0.15, 0.2) is 18.3 Å². The third kappa shape index (κ3) is 1.89. The summed E-state index contributed by atoms with van der Waals surface area (Å²) in [4.78, 5) is 2.52. The van der Waals surface area contributed by atoms with Crippen LogP contribution in [0, 0.1) is 0 Å². The first kappa shape index (κ1) is 11.9. The van der Waals surface area contributed by atoms with Crippen LogP contribution in [-0.2, 0) is 12.8 Å². The van der Waals surface area contributed by atoms with E-state index in [4.69, 9.17) is 0 Å². The number of hydrogen-bond donors (Lipinski definition) is 1. The predicted molar refractivity (Wildman–Crippen MR) is 73.0 cm³/mol. The van der Waals surface area contributed by atoms with E-state index in [9.17, 15) is 5.11 Å². The van der Waals surface area contributed by atoms with E-state index >= 15 is 0 Å². The molecule has 2 aromatic rings. The van der Waals surface area contributed by atoms with Crippen molar-refractivity contribution in [3.63, 3.8) is 0 Å². The zero-order valence-corrected chi connectivity index (χ0v) is 11.6. The molecule has 96 valence electrons. The van der Waals surface area contributed by atoms with Gasteiger partial charge in [-0.2, -0.15) is 5.10 Å². The molecule has 1 atom stereocenters. The minimum Gasteiger partial charge on any atom is -0.381 e. The smallest absolute Gasteiger partial charge is 0.130 e. The summed E-state index contributed by atoms with van der Waals surface area (Å²) in [5.74, 6) is 0. The Hall–Kier alpha value is -1.13. The number of aryl methyl sites for hydroxylation is 2. The molecule has 2 heterocycles. The number of aliphatic hydroxyl groups is 1. The highest BCUT2D eigenvalue weighted by Gasteiger charge is 2.22. The zero-order valence-electron chi connectivity index (χ0n) is 10.8. The molecular weight excluding hydrogens is 244 g/mol. The fraction of sp³-hybridized carbons (Fsp3) is 0.500. The van der Waals surface area contributed by atoms with Gasteiger partial charge in [0.25, 0.3) is 0 Å². The Labute approximate surface area is 111 Å². The molecule has 0 aliphatic heterocycles. The van der Waals surface area contributed by atoms with Gasteiger partial charge in [0.2, 0.25) is 0 Å². The number of nitrogens with zero attached hydrogens (tertiary/aromatic N) is 2. The first-order chi connectivity index (χ1) is 8.66. The van der Waals surface area contributed by atoms with E-state index in [2.05, 4.69) is 25.0 Å². The summed E-state index contributed by atoms with van der Waals surface area (Å²) in [6, 6.07) is 4.36. The van der Waals surface area contributed by atoms with E-state index in [1.807, 2.05) is 10.7 Å². The number of rotatable bonds is 3. The monoisotopic (exact) mass is 262 g/mol. The number of thiophene rings is 1. The van der Waals surface area contributed by atoms with Gasteiger partial charge in [-0.1, -0.05) is 0 Å². The van der Waals surface area contributed by atoms with Gasteiger partial charge in [-0.25, -0.2) is 0 Å². The molecule has 18 heavy (non-hydrogen) atoms. The van der Waals surface area contributed by atoms with Crippen molar-refractivity contribution < 1.29 is 5.11 Å². The van der Waals surface area contributed by atoms with Gasteiger partial charge in [0.1, 0.15) is 6.10 Å². The van der Waals surface area contributed by atoms with Crippen molar-refractivity contribution in [1.82, 2.24) is 9.78 Å². The van der Waals surface area contributed by atoms with Crippen LogP contribution >= 0.6 is 11.3 Å². The molecule has 0 fully saturated rings. The van der Waals surface area contributed by atoms with Gasteiger partial charge in [-0.15, -0.1) is 11.3 Å². The van der Waals surface area contributed by atoms with E-state index in [0.29, 0.717) is 0 Å². The normalized spacial score (nSPS) is 16.2. The van der Waals surface area contributed by atoms with Crippen molar-refractivity contribution in [2.45, 2.75) is 45.3 Å². The van der Waals surface area contributed by atoms with Gasteiger partial charge in [0.05, 0.1) is 5.69 Å². The average Bonchev–Trinajstić information content (AvgIpc) is 3.02. The Balaban J connectivity index is 1.93. The molecule has 3 rings (SSSR count). The molecule has 0 spiro atoms. The number of hydrogen-bond acceptors (Lipinski definition) is 3. The maximum Gasteiger partial charge on any atom is 0.130 e. The Morgan fingerprint density at radius 1 is 1.39 bits per heavy atom. The lowest BCUT2D eigenvalue weighted by atomic mass is 10.1. The maximum atomic E-state index is 10.5. The molecule has 0 bridgehead atoms. The molecule has 0 radical (unpaired) electrons. The molecule has 1 N–H and O–H groups in total. The van der Waals surface area contributed by atoms with E-state index in [-0.39, 0.29) is 6.04 Å². The van der Waals surface area contributed by atoms with Crippen molar-refractivity contribution in [2.75, 3.05) is 0 Å². The first-order valence-corrected chi connectivity index (χ1v) is 7.31. The van der Waals surface area contributed by atoms with Crippen molar-refractivity contribution in [1.29, 1.82) is 0 Å². The Morgan fingerprint density at radius 3 is 2.94 bits per heavy atom. The molecular formula is C14H18N2OS. The first-order valence-electron chi connectivity index (χ1n) is 6.49. The Morgan fingerprint density at radius 2 is 2.22 bits per heavy atom. The van der Waals surface area contributed by atoms with Gasteiger partial charge in [0, 0.05) is 22.0 Å². The minimum absolute atomic E-state index is 0.274. The molecule has 1 aliphatic rings. The molecule has 0 aromatic carbocycles. The lowest BCUT2D eigenvalue weighted by Gasteiger charge is -2.14. The van der Waals surface area contributed by atoms with Gasteiger partial charge in [-0.05, 0) is 50.8 Å². The van der Waals surface area contributed by atoms with Crippen molar-refractivity contribution in [3.8, 4) is 0 Å². The topological polar surface area (TPSA) is 38.0 Å². The van der Waals surface area contributed by atoms with Crippen molar-refractivity contribution in [3.05, 3.63) is 39.3 Å². The summed E-state index contributed by atoms with van der Waals surface area (Å²) in [6.07, 6.45) is 4.84. The second-order valence-electron chi connectivity index (χ2n) is 5.15. The third-order valence-electron chi connectivity index (χ3n) is 3.51. The summed E-state index contributed by atoms with van der Waals surface area (Å²) in [6.45, 7) is 4.16. The predicted octanol–water partition coefficient (Wildman–Crippen LogP) is 3.10. The van der Waals surface area contributed by atoms with Crippen LogP contribution in [0.4, 0.5) is 0 Å². The molecule has 1 aliphatic carbocycles. The molecule has 0 amide bonds. The van der Waals surface area contributed by atoms with Gasteiger partial charge < -0.3 is 5.11 Å². The quantitative estimate of drug-likeness (QED) is 0.923. The van der Waals surface area contributed by atoms with E-state index in [1.54, 1.807) is 17.5 Å². The summed E-state index contributed by atoms with van der Waals surface area (Å²) in [5.41, 5.74) is 2.33. The molecule has 4 heteroatoms. The number of aliphatic hydroxyl groups excluding tert-OH is 1. The van der Waals surface area contributed by atoms with E-state index in [0.717, 1.165) is 10.6 Å². The fourth-order valence-electron chi connectivity index (χ4n) is 2.61. The summed E-state index contributed by atoms with van der Waals surface area (Å²) in [7, 11) is 0. The van der Waals surface area contributed by atoms with Crippen LogP contribution in [0.25, 0.3) is 0 Å². The van der Waals surface area contributed by atoms with Gasteiger partial charge in [-0.3, -0.25) is 4.68 Å². The standard InChI is InChI=1S/C14H18N2OS/c1-9(2)16-11(6-7-15-16)14(17)13-8-10-4-3-5-12(10)18-13/h6-9,14,17H,3-5H2,1-2H3. The summed E-state index contributed by atoms with van der Waals surface area (Å²) in [5, 5.41) is 14.8. The highest BCUT2D eigenvalue weighted by Crippen LogP contribution is 2.36. The maximum absolute atomic E-state index is 10.5. The molecule has 1 unspecified atom stereocenters. The Kier molecular flexibility index (Phi) is 2.99. The van der Waals surface area contributed by atoms with Crippen LogP contribution in [0.1, 0.15) is 53.4 Å². The third-order valence-corrected chi connectivity index (χ3v) is 4.79. The molecule has 0 saturated carbocycles. The summed E-state index contributed by atoms with van der Waals surface area (Å²) >= 11 is 1.76. The highest BCUT2D eigenvalue weighted by molar-refractivity contribution is 7.12. The van der Waals surface area contributed by atoms with Gasteiger partial charge in [0.15, 0.2) is 0 Å². The zero-order chi connectivity index (χ0) is 12.7. The highest BCUT2D eigenvalue weighted by atomic mass is 32.1.